The number of esters is 2. The molecule has 0 heterocycles. The first-order valence-corrected chi connectivity index (χ1v) is 17.2. The standard InChI is InChI=1S/C40H55N2O8/c1-29(2)31-17-15-19-33(27-31)39(5,6)41-37(45)49-23-13-9-11-21-35(43)47-25-26-48-36(44)22-12-10-14-24-50-38(46)42-40(7,8)34-20-16-18-32(28-34)30(3)4/h15-20,25,27-28H,1,3,9-14,21-24,26H2,2,4-8H3,(H,41,45)(H,42,46). The molecule has 2 amide bonds. The van der Waals surface area contributed by atoms with Gasteiger partial charge in [0.1, 0.15) is 6.61 Å². The maximum absolute atomic E-state index is 12.3. The zero-order chi connectivity index (χ0) is 37.2. The van der Waals surface area contributed by atoms with E-state index in [1.54, 1.807) is 0 Å². The molecule has 2 rings (SSSR count). The Hall–Kier alpha value is -4.60. The zero-order valence-corrected chi connectivity index (χ0v) is 30.7. The van der Waals surface area contributed by atoms with Crippen molar-refractivity contribution in [2.24, 2.45) is 0 Å². The van der Waals surface area contributed by atoms with Crippen LogP contribution in [-0.4, -0.2) is 43.9 Å². The average molecular weight is 692 g/mol. The van der Waals surface area contributed by atoms with Gasteiger partial charge in [-0.2, -0.15) is 0 Å². The highest BCUT2D eigenvalue weighted by Crippen LogP contribution is 2.25. The summed E-state index contributed by atoms with van der Waals surface area (Å²) in [6, 6.07) is 15.7. The van der Waals surface area contributed by atoms with Crippen molar-refractivity contribution in [2.75, 3.05) is 19.8 Å². The molecular weight excluding hydrogens is 636 g/mol. The van der Waals surface area contributed by atoms with Crippen LogP contribution in [0.5, 0.6) is 0 Å². The predicted molar refractivity (Wildman–Crippen MR) is 196 cm³/mol. The molecular formula is C40H55N2O8. The molecule has 10 nitrogen and oxygen atoms in total. The first kappa shape index (κ1) is 41.6. The third kappa shape index (κ3) is 15.7. The molecule has 0 saturated heterocycles. The van der Waals surface area contributed by atoms with Crippen LogP contribution in [0.2, 0.25) is 0 Å². The first-order chi connectivity index (χ1) is 23.6. The van der Waals surface area contributed by atoms with Crippen molar-refractivity contribution in [3.8, 4) is 0 Å². The Morgan fingerprint density at radius 3 is 1.52 bits per heavy atom. The highest BCUT2D eigenvalue weighted by atomic mass is 16.6. The first-order valence-electron chi connectivity index (χ1n) is 17.2. The van der Waals surface area contributed by atoms with Crippen molar-refractivity contribution in [3.05, 3.63) is 90.5 Å². The van der Waals surface area contributed by atoms with Gasteiger partial charge < -0.3 is 29.6 Å². The maximum Gasteiger partial charge on any atom is 0.407 e. The topological polar surface area (TPSA) is 129 Å². The van der Waals surface area contributed by atoms with Crippen LogP contribution in [0.4, 0.5) is 9.59 Å². The lowest BCUT2D eigenvalue weighted by molar-refractivity contribution is -0.148. The fourth-order valence-corrected chi connectivity index (χ4v) is 4.88. The van der Waals surface area contributed by atoms with Crippen molar-refractivity contribution in [2.45, 2.75) is 104 Å². The Morgan fingerprint density at radius 2 is 1.08 bits per heavy atom. The highest BCUT2D eigenvalue weighted by molar-refractivity contribution is 5.71. The molecule has 2 aromatic rings. The highest BCUT2D eigenvalue weighted by Gasteiger charge is 2.25. The van der Waals surface area contributed by atoms with Crippen LogP contribution in [-0.2, 0) is 39.6 Å². The number of carbonyl (C=O) groups excluding carboxylic acids is 4. The Balaban J connectivity index is 1.46. The van der Waals surface area contributed by atoms with E-state index in [0.29, 0.717) is 38.5 Å². The number of hydrogen-bond donors (Lipinski definition) is 2. The summed E-state index contributed by atoms with van der Waals surface area (Å²) >= 11 is 0. The minimum atomic E-state index is -0.620. The molecule has 0 aliphatic carbocycles. The summed E-state index contributed by atoms with van der Waals surface area (Å²) in [5.74, 6) is -0.825. The number of ether oxygens (including phenoxy) is 4. The zero-order valence-electron chi connectivity index (χ0n) is 30.7. The average Bonchev–Trinajstić information content (AvgIpc) is 3.06. The Morgan fingerprint density at radius 1 is 0.640 bits per heavy atom. The van der Waals surface area contributed by atoms with Gasteiger partial charge in [-0.25, -0.2) is 9.59 Å². The monoisotopic (exact) mass is 691 g/mol. The number of carbonyl (C=O) groups is 4. The molecule has 0 bridgehead atoms. The van der Waals surface area contributed by atoms with Gasteiger partial charge in [0.05, 0.1) is 24.3 Å². The van der Waals surface area contributed by atoms with Gasteiger partial charge in [0.2, 0.25) is 0 Å². The summed E-state index contributed by atoms with van der Waals surface area (Å²) in [6.07, 6.45) is 3.13. The minimum absolute atomic E-state index is 0.129. The fraction of sp³-hybridized carbons (Fsp3) is 0.475. The summed E-state index contributed by atoms with van der Waals surface area (Å²) < 4.78 is 20.7. The number of benzene rings is 2. The predicted octanol–water partition coefficient (Wildman–Crippen LogP) is 8.74. The molecule has 0 atom stereocenters. The number of alkyl carbamates (subject to hydrolysis) is 2. The molecule has 0 aromatic heterocycles. The van der Waals surface area contributed by atoms with Gasteiger partial charge >= 0.3 is 24.1 Å². The van der Waals surface area contributed by atoms with E-state index in [0.717, 1.165) is 33.4 Å². The van der Waals surface area contributed by atoms with E-state index in [1.807, 2.05) is 90.1 Å². The van der Waals surface area contributed by atoms with Crippen LogP contribution in [0, 0.1) is 6.61 Å². The van der Waals surface area contributed by atoms with Crippen LogP contribution < -0.4 is 10.6 Å². The molecule has 2 aromatic carbocycles. The second-order valence-corrected chi connectivity index (χ2v) is 13.5. The van der Waals surface area contributed by atoms with Crippen LogP contribution in [0.1, 0.15) is 115 Å². The van der Waals surface area contributed by atoms with Crippen LogP contribution in [0.3, 0.4) is 0 Å². The van der Waals surface area contributed by atoms with E-state index in [2.05, 4.69) is 23.8 Å². The smallest absolute Gasteiger partial charge is 0.407 e. The van der Waals surface area contributed by atoms with Crippen LogP contribution in [0.15, 0.2) is 61.7 Å². The lowest BCUT2D eigenvalue weighted by atomic mass is 9.92. The van der Waals surface area contributed by atoms with Crippen molar-refractivity contribution in [1.29, 1.82) is 0 Å². The van der Waals surface area contributed by atoms with Gasteiger partial charge in [0.15, 0.2) is 6.61 Å². The van der Waals surface area contributed by atoms with Crippen molar-refractivity contribution >= 4 is 35.3 Å². The normalized spacial score (nSPS) is 11.2. The minimum Gasteiger partial charge on any atom is -0.462 e. The number of hydrogen-bond acceptors (Lipinski definition) is 8. The second-order valence-electron chi connectivity index (χ2n) is 13.5. The molecule has 10 heteroatoms. The Kier molecular flexibility index (Phi) is 17.3. The third-order valence-electron chi connectivity index (χ3n) is 8.03. The van der Waals surface area contributed by atoms with Gasteiger partial charge in [-0.15, -0.1) is 0 Å². The van der Waals surface area contributed by atoms with Crippen LogP contribution >= 0.6 is 0 Å². The number of unbranched alkanes of at least 4 members (excludes halogenated alkanes) is 4. The molecule has 273 valence electrons. The van der Waals surface area contributed by atoms with E-state index < -0.39 is 35.2 Å². The number of amides is 2. The Bertz CT molecular complexity index is 1350. The van der Waals surface area contributed by atoms with E-state index in [4.69, 9.17) is 18.9 Å². The molecule has 0 aliphatic heterocycles. The summed E-state index contributed by atoms with van der Waals surface area (Å²) in [4.78, 5) is 48.6. The van der Waals surface area contributed by atoms with Gasteiger partial charge in [-0.05, 0) is 114 Å². The molecule has 0 aliphatic rings. The van der Waals surface area contributed by atoms with E-state index in [-0.39, 0.29) is 32.7 Å². The van der Waals surface area contributed by atoms with Gasteiger partial charge in [0.25, 0.3) is 0 Å². The summed E-state index contributed by atoms with van der Waals surface area (Å²) in [5.41, 5.74) is 4.58. The van der Waals surface area contributed by atoms with Gasteiger partial charge in [-0.3, -0.25) is 9.59 Å². The molecule has 2 N–H and O–H groups in total. The van der Waals surface area contributed by atoms with E-state index in [9.17, 15) is 19.2 Å². The lowest BCUT2D eigenvalue weighted by Crippen LogP contribution is -2.41. The number of rotatable bonds is 21. The van der Waals surface area contributed by atoms with Gasteiger partial charge in [-0.1, -0.05) is 60.7 Å². The quantitative estimate of drug-likeness (QED) is 0.0755. The lowest BCUT2D eigenvalue weighted by Gasteiger charge is -2.27. The summed E-state index contributed by atoms with van der Waals surface area (Å²) in [5, 5.41) is 5.79. The van der Waals surface area contributed by atoms with Crippen molar-refractivity contribution in [1.82, 2.24) is 10.6 Å². The number of allylic oxidation sites excluding steroid dienone is 2. The second kappa shape index (κ2) is 20.8. The van der Waals surface area contributed by atoms with Crippen LogP contribution in [0.25, 0.3) is 11.1 Å². The molecule has 0 saturated carbocycles. The molecule has 0 spiro atoms. The van der Waals surface area contributed by atoms with E-state index in [1.165, 1.54) is 6.61 Å². The maximum atomic E-state index is 12.3. The summed E-state index contributed by atoms with van der Waals surface area (Å²) in [6.45, 7) is 21.0. The molecule has 0 fully saturated rings. The SMILES string of the molecule is C=C(C)c1cccc(C(C)(C)NC(=O)OCCCCCC(=O)O[CH]COC(=O)CCCCCOC(=O)NC(C)(C)c2cccc(C(=C)C)c2)c1. The molecule has 50 heavy (non-hydrogen) atoms. The molecule has 1 radical (unpaired) electrons. The summed E-state index contributed by atoms with van der Waals surface area (Å²) in [7, 11) is 0. The van der Waals surface area contributed by atoms with Gasteiger partial charge in [0, 0.05) is 12.8 Å². The number of nitrogens with one attached hydrogen (secondary N) is 2. The molecule has 0 unspecified atom stereocenters. The Labute approximate surface area is 298 Å². The third-order valence-corrected chi connectivity index (χ3v) is 8.03. The van der Waals surface area contributed by atoms with Crippen molar-refractivity contribution < 1.29 is 38.1 Å². The van der Waals surface area contributed by atoms with E-state index >= 15 is 0 Å². The largest absolute Gasteiger partial charge is 0.462 e. The fourth-order valence-electron chi connectivity index (χ4n) is 4.88. The van der Waals surface area contributed by atoms with Crippen molar-refractivity contribution in [3.63, 3.8) is 0 Å².